The number of benzene rings is 1. The third-order valence-electron chi connectivity index (χ3n) is 1.99. The highest BCUT2D eigenvalue weighted by atomic mass is 16.6. The number of nitro benzene ring substituents is 1. The molecule has 0 aromatic heterocycles. The molecule has 0 radical (unpaired) electrons. The highest BCUT2D eigenvalue weighted by Gasteiger charge is 2.17. The maximum Gasteiger partial charge on any atom is 0.296 e. The number of phenolic OH excluding ortho intramolecular Hbond substituents is 1. The fourth-order valence-electron chi connectivity index (χ4n) is 1.18. The summed E-state index contributed by atoms with van der Waals surface area (Å²) < 4.78 is 0. The van der Waals surface area contributed by atoms with Crippen LogP contribution in [0.25, 0.3) is 0 Å². The van der Waals surface area contributed by atoms with Crippen molar-refractivity contribution in [3.8, 4) is 5.75 Å². The van der Waals surface area contributed by atoms with Gasteiger partial charge in [0.15, 0.2) is 0 Å². The molecule has 0 atom stereocenters. The van der Waals surface area contributed by atoms with E-state index in [9.17, 15) is 15.2 Å². The normalized spacial score (nSPS) is 11.2. The van der Waals surface area contributed by atoms with Crippen LogP contribution in [0.15, 0.2) is 18.2 Å². The minimum atomic E-state index is -0.509. The van der Waals surface area contributed by atoms with Crippen LogP contribution in [0.4, 0.5) is 11.4 Å². The van der Waals surface area contributed by atoms with Crippen molar-refractivity contribution in [3.63, 3.8) is 0 Å². The van der Waals surface area contributed by atoms with Gasteiger partial charge in [-0.05, 0) is 17.5 Å². The summed E-state index contributed by atoms with van der Waals surface area (Å²) in [6.45, 7) is 6.73. The van der Waals surface area contributed by atoms with E-state index >= 15 is 0 Å². The Kier molecular flexibility index (Phi) is 3.37. The number of hydrogen-bond donors (Lipinski definition) is 2. The summed E-state index contributed by atoms with van der Waals surface area (Å²) in [5.74, 6) is -0.104. The van der Waals surface area contributed by atoms with E-state index < -0.39 is 4.92 Å². The maximum atomic E-state index is 10.8. The zero-order valence-corrected chi connectivity index (χ0v) is 9.65. The van der Waals surface area contributed by atoms with Crippen LogP contribution < -0.4 is 5.32 Å². The van der Waals surface area contributed by atoms with Gasteiger partial charge in [0.25, 0.3) is 5.69 Å². The topological polar surface area (TPSA) is 75.4 Å². The zero-order valence-electron chi connectivity index (χ0n) is 9.65. The number of rotatable bonds is 3. The Labute approximate surface area is 94.3 Å². The van der Waals surface area contributed by atoms with Crippen molar-refractivity contribution in [3.05, 3.63) is 28.3 Å². The highest BCUT2D eigenvalue weighted by molar-refractivity contribution is 5.63. The fourth-order valence-corrected chi connectivity index (χ4v) is 1.18. The van der Waals surface area contributed by atoms with Crippen LogP contribution in [0.3, 0.4) is 0 Å². The van der Waals surface area contributed by atoms with Crippen LogP contribution in [0.1, 0.15) is 20.8 Å². The minimum Gasteiger partial charge on any atom is -0.508 e. The van der Waals surface area contributed by atoms with Crippen LogP contribution in [0.5, 0.6) is 5.75 Å². The molecule has 0 unspecified atom stereocenters. The Balaban J connectivity index is 2.91. The third kappa shape index (κ3) is 3.42. The number of nitro groups is 1. The van der Waals surface area contributed by atoms with Gasteiger partial charge in [-0.3, -0.25) is 10.1 Å². The molecule has 0 aliphatic rings. The molecule has 0 heterocycles. The van der Waals surface area contributed by atoms with E-state index in [-0.39, 0.29) is 16.9 Å². The highest BCUT2D eigenvalue weighted by Crippen LogP contribution is 2.29. The lowest BCUT2D eigenvalue weighted by atomic mass is 9.97. The molecule has 16 heavy (non-hydrogen) atoms. The third-order valence-corrected chi connectivity index (χ3v) is 1.99. The van der Waals surface area contributed by atoms with Crippen LogP contribution >= 0.6 is 0 Å². The summed E-state index contributed by atoms with van der Waals surface area (Å²) >= 11 is 0. The first-order valence-corrected chi connectivity index (χ1v) is 5.01. The first-order valence-electron chi connectivity index (χ1n) is 5.01. The van der Waals surface area contributed by atoms with Crippen molar-refractivity contribution >= 4 is 11.4 Å². The molecule has 5 heteroatoms. The van der Waals surface area contributed by atoms with Gasteiger partial charge in [0.2, 0.25) is 0 Å². The lowest BCUT2D eigenvalue weighted by Gasteiger charge is -2.19. The molecule has 5 nitrogen and oxygen atoms in total. The number of aromatic hydroxyl groups is 1. The lowest BCUT2D eigenvalue weighted by molar-refractivity contribution is -0.384. The molecule has 0 aliphatic heterocycles. The molecule has 0 saturated heterocycles. The van der Waals surface area contributed by atoms with Crippen LogP contribution in [0.2, 0.25) is 0 Å². The van der Waals surface area contributed by atoms with Crippen molar-refractivity contribution in [2.75, 3.05) is 11.9 Å². The molecule has 88 valence electrons. The second-order valence-electron chi connectivity index (χ2n) is 4.87. The maximum absolute atomic E-state index is 10.8. The van der Waals surface area contributed by atoms with Crippen LogP contribution in [-0.2, 0) is 0 Å². The predicted molar refractivity (Wildman–Crippen MR) is 62.7 cm³/mol. The quantitative estimate of drug-likeness (QED) is 0.470. The van der Waals surface area contributed by atoms with E-state index in [2.05, 4.69) is 5.32 Å². The van der Waals surface area contributed by atoms with Gasteiger partial charge in [-0.25, -0.2) is 0 Å². The van der Waals surface area contributed by atoms with Gasteiger partial charge < -0.3 is 10.4 Å². The van der Waals surface area contributed by atoms with E-state index in [1.807, 2.05) is 20.8 Å². The smallest absolute Gasteiger partial charge is 0.296 e. The van der Waals surface area contributed by atoms with E-state index in [1.54, 1.807) is 0 Å². The number of anilines is 1. The number of hydrogen-bond acceptors (Lipinski definition) is 4. The molecular formula is C11H16N2O3. The number of phenols is 1. The Morgan fingerprint density at radius 2 is 2.06 bits per heavy atom. The molecule has 1 aromatic rings. The molecule has 1 rings (SSSR count). The number of nitrogens with zero attached hydrogens (tertiary/aromatic N) is 1. The predicted octanol–water partition coefficient (Wildman–Crippen LogP) is 2.76. The largest absolute Gasteiger partial charge is 0.508 e. The van der Waals surface area contributed by atoms with Gasteiger partial charge in [-0.2, -0.15) is 0 Å². The van der Waals surface area contributed by atoms with Gasteiger partial charge in [0.05, 0.1) is 11.0 Å². The molecule has 0 spiro atoms. The SMILES string of the molecule is CC(C)(C)CNc1ccc(O)cc1[N+](=O)[O-]. The summed E-state index contributed by atoms with van der Waals surface area (Å²) in [7, 11) is 0. The van der Waals surface area contributed by atoms with Crippen molar-refractivity contribution in [1.29, 1.82) is 0 Å². The van der Waals surface area contributed by atoms with Gasteiger partial charge >= 0.3 is 0 Å². The molecular weight excluding hydrogens is 208 g/mol. The monoisotopic (exact) mass is 224 g/mol. The van der Waals surface area contributed by atoms with E-state index in [4.69, 9.17) is 0 Å². The number of nitrogens with one attached hydrogen (secondary N) is 1. The van der Waals surface area contributed by atoms with Crippen molar-refractivity contribution in [2.45, 2.75) is 20.8 Å². The first-order chi connectivity index (χ1) is 7.29. The second-order valence-corrected chi connectivity index (χ2v) is 4.87. The van der Waals surface area contributed by atoms with E-state index in [1.165, 1.54) is 12.1 Å². The summed E-state index contributed by atoms with van der Waals surface area (Å²) in [6, 6.07) is 4.09. The summed E-state index contributed by atoms with van der Waals surface area (Å²) in [5, 5.41) is 22.9. The molecule has 0 bridgehead atoms. The lowest BCUT2D eigenvalue weighted by Crippen LogP contribution is -2.19. The van der Waals surface area contributed by atoms with Gasteiger partial charge in [-0.15, -0.1) is 0 Å². The molecule has 1 aromatic carbocycles. The van der Waals surface area contributed by atoms with Gasteiger partial charge in [0.1, 0.15) is 11.4 Å². The van der Waals surface area contributed by atoms with Gasteiger partial charge in [0, 0.05) is 6.54 Å². The van der Waals surface area contributed by atoms with Gasteiger partial charge in [-0.1, -0.05) is 20.8 Å². The summed E-state index contributed by atoms with van der Waals surface area (Å²) in [6.07, 6.45) is 0. The Morgan fingerprint density at radius 1 is 1.44 bits per heavy atom. The second kappa shape index (κ2) is 4.38. The average molecular weight is 224 g/mol. The van der Waals surface area contributed by atoms with Crippen molar-refractivity contribution in [2.24, 2.45) is 5.41 Å². The first kappa shape index (κ1) is 12.3. The molecule has 0 aliphatic carbocycles. The molecule has 0 fully saturated rings. The standard InChI is InChI=1S/C11H16N2O3/c1-11(2,3)7-12-9-5-4-8(14)6-10(9)13(15)16/h4-6,12,14H,7H2,1-3H3. The summed E-state index contributed by atoms with van der Waals surface area (Å²) in [5.41, 5.74) is 0.355. The molecule has 0 saturated carbocycles. The Bertz CT molecular complexity index is 397. The van der Waals surface area contributed by atoms with E-state index in [0.29, 0.717) is 12.2 Å². The van der Waals surface area contributed by atoms with Crippen molar-refractivity contribution < 1.29 is 10.0 Å². The van der Waals surface area contributed by atoms with Crippen LogP contribution in [-0.4, -0.2) is 16.6 Å². The Hall–Kier alpha value is -1.78. The van der Waals surface area contributed by atoms with Crippen molar-refractivity contribution in [1.82, 2.24) is 0 Å². The minimum absolute atomic E-state index is 0.0335. The van der Waals surface area contributed by atoms with E-state index in [0.717, 1.165) is 6.07 Å². The zero-order chi connectivity index (χ0) is 12.3. The molecule has 2 N–H and O–H groups in total. The average Bonchev–Trinajstić information content (AvgIpc) is 2.14. The fraction of sp³-hybridized carbons (Fsp3) is 0.455. The summed E-state index contributed by atoms with van der Waals surface area (Å²) in [4.78, 5) is 10.2. The van der Waals surface area contributed by atoms with Crippen LogP contribution in [0, 0.1) is 15.5 Å². The molecule has 0 amide bonds. The Morgan fingerprint density at radius 3 is 2.56 bits per heavy atom.